The van der Waals surface area contributed by atoms with Crippen molar-refractivity contribution in [3.8, 4) is 22.9 Å². The number of ether oxygens (including phenoxy) is 2. The highest BCUT2D eigenvalue weighted by atomic mass is 16.5. The molecule has 0 aliphatic carbocycles. The number of hydrogen-bond acceptors (Lipinski definition) is 6. The summed E-state index contributed by atoms with van der Waals surface area (Å²) in [7, 11) is 3.12. The molecule has 0 N–H and O–H groups in total. The van der Waals surface area contributed by atoms with Crippen molar-refractivity contribution < 1.29 is 14.3 Å². The number of methoxy groups -OCH3 is 2. The van der Waals surface area contributed by atoms with Crippen molar-refractivity contribution in [2.45, 2.75) is 74.4 Å². The van der Waals surface area contributed by atoms with E-state index in [1.807, 2.05) is 42.9 Å². The van der Waals surface area contributed by atoms with Crippen molar-refractivity contribution in [2.24, 2.45) is 5.92 Å². The number of anilines is 1. The first-order chi connectivity index (χ1) is 19.3. The van der Waals surface area contributed by atoms with Gasteiger partial charge in [-0.3, -0.25) is 19.4 Å². The highest BCUT2D eigenvalue weighted by Crippen LogP contribution is 2.32. The molecule has 40 heavy (non-hydrogen) atoms. The molecule has 3 aromatic rings. The van der Waals surface area contributed by atoms with Crippen LogP contribution in [-0.4, -0.2) is 39.9 Å². The molecule has 1 aliphatic rings. The summed E-state index contributed by atoms with van der Waals surface area (Å²) in [4.78, 5) is 24.1. The van der Waals surface area contributed by atoms with E-state index in [9.17, 15) is 4.79 Å². The van der Waals surface area contributed by atoms with Crippen LogP contribution in [0, 0.1) is 5.92 Å². The Hall–Kier alpha value is -3.94. The van der Waals surface area contributed by atoms with Gasteiger partial charge in [-0.2, -0.15) is 5.10 Å². The molecule has 1 amide bonds. The molecule has 0 saturated heterocycles. The normalized spacial score (nSPS) is 14.3. The topological polar surface area (TPSA) is 82.4 Å². The highest BCUT2D eigenvalue weighted by molar-refractivity contribution is 6.09. The van der Waals surface area contributed by atoms with E-state index in [1.165, 1.54) is 16.7 Å². The van der Waals surface area contributed by atoms with Crippen molar-refractivity contribution >= 4 is 11.6 Å². The first-order valence-corrected chi connectivity index (χ1v) is 14.1. The molecule has 1 unspecified atom stereocenters. The van der Waals surface area contributed by atoms with Gasteiger partial charge in [0, 0.05) is 18.0 Å². The van der Waals surface area contributed by atoms with E-state index in [1.54, 1.807) is 31.5 Å². The predicted molar refractivity (Wildman–Crippen MR) is 161 cm³/mol. The zero-order chi connectivity index (χ0) is 29.4. The number of pyridine rings is 2. The SMILES string of the molecule is CC.CC/C(C)=C(C)\C=C(\Cn1cc(N2Cc3nc(-c4cnc(OC)c(OC)c4)ccc3C2=O)cn1)C(C)CC. The van der Waals surface area contributed by atoms with Crippen molar-refractivity contribution in [1.82, 2.24) is 19.7 Å². The molecule has 0 radical (unpaired) electrons. The smallest absolute Gasteiger partial charge is 0.260 e. The summed E-state index contributed by atoms with van der Waals surface area (Å²) < 4.78 is 12.5. The Balaban J connectivity index is 0.00000216. The lowest BCUT2D eigenvalue weighted by Gasteiger charge is -2.16. The molecule has 8 heteroatoms. The number of rotatable bonds is 10. The second-order valence-electron chi connectivity index (χ2n) is 9.76. The number of carbonyl (C=O) groups is 1. The van der Waals surface area contributed by atoms with Crippen LogP contribution >= 0.6 is 0 Å². The van der Waals surface area contributed by atoms with E-state index in [0.29, 0.717) is 36.2 Å². The van der Waals surface area contributed by atoms with Crippen molar-refractivity contribution in [1.29, 1.82) is 0 Å². The molecule has 214 valence electrons. The summed E-state index contributed by atoms with van der Waals surface area (Å²) in [5, 5.41) is 4.60. The first kappa shape index (κ1) is 30.6. The van der Waals surface area contributed by atoms with Gasteiger partial charge in [0.1, 0.15) is 0 Å². The lowest BCUT2D eigenvalue weighted by Crippen LogP contribution is -2.22. The average Bonchev–Trinajstić information content (AvgIpc) is 3.59. The Labute approximate surface area is 238 Å². The van der Waals surface area contributed by atoms with E-state index < -0.39 is 0 Å². The molecule has 8 nitrogen and oxygen atoms in total. The van der Waals surface area contributed by atoms with E-state index >= 15 is 0 Å². The van der Waals surface area contributed by atoms with Crippen molar-refractivity contribution in [3.63, 3.8) is 0 Å². The fourth-order valence-corrected chi connectivity index (χ4v) is 4.48. The summed E-state index contributed by atoms with van der Waals surface area (Å²) in [6, 6.07) is 5.50. The Kier molecular flexibility index (Phi) is 10.6. The summed E-state index contributed by atoms with van der Waals surface area (Å²) in [5.41, 5.74) is 7.64. The molecular weight excluding hydrogens is 502 g/mol. The van der Waals surface area contributed by atoms with Gasteiger partial charge in [0.2, 0.25) is 0 Å². The summed E-state index contributed by atoms with van der Waals surface area (Å²) in [6.45, 7) is 16.1. The van der Waals surface area contributed by atoms with E-state index in [4.69, 9.17) is 14.5 Å². The quantitative estimate of drug-likeness (QED) is 0.249. The molecular formula is C32H43N5O3. The molecule has 0 spiro atoms. The van der Waals surface area contributed by atoms with Crippen LogP contribution in [0.15, 0.2) is 59.6 Å². The summed E-state index contributed by atoms with van der Waals surface area (Å²) in [6.07, 6.45) is 9.80. The van der Waals surface area contributed by atoms with E-state index in [-0.39, 0.29) is 5.91 Å². The number of aromatic nitrogens is 4. The first-order valence-electron chi connectivity index (χ1n) is 14.1. The summed E-state index contributed by atoms with van der Waals surface area (Å²) in [5.74, 6) is 1.31. The fourth-order valence-electron chi connectivity index (χ4n) is 4.48. The van der Waals surface area contributed by atoms with Crippen molar-refractivity contribution in [3.05, 3.63) is 70.8 Å². The average molecular weight is 546 g/mol. The second kappa shape index (κ2) is 13.9. The third kappa shape index (κ3) is 6.61. The molecule has 3 aromatic heterocycles. The lowest BCUT2D eigenvalue weighted by atomic mass is 9.95. The van der Waals surface area contributed by atoms with Crippen LogP contribution in [0.2, 0.25) is 0 Å². The lowest BCUT2D eigenvalue weighted by molar-refractivity contribution is 0.0996. The number of allylic oxidation sites excluding steroid dienone is 4. The minimum Gasteiger partial charge on any atom is -0.491 e. The van der Waals surface area contributed by atoms with Crippen LogP contribution in [-0.2, 0) is 13.1 Å². The standard InChI is InChI=1S/C30H37N5O3.C2H6/c1-8-19(3)21(5)12-23(20(4)9-2)16-34-17-24(15-32-34)35-18-27-25(30(35)36)10-11-26(33-27)22-13-28(37-6)29(38-7)31-14-22;1-2/h10-15,17,20H,8-9,16,18H2,1-7H3;1-2H3/b21-19-,23-12-;. The third-order valence-electron chi connectivity index (χ3n) is 7.41. The molecule has 1 aliphatic heterocycles. The Morgan fingerprint density at radius 3 is 2.52 bits per heavy atom. The van der Waals surface area contributed by atoms with Crippen LogP contribution in [0.25, 0.3) is 11.3 Å². The third-order valence-corrected chi connectivity index (χ3v) is 7.41. The van der Waals surface area contributed by atoms with Gasteiger partial charge in [-0.15, -0.1) is 0 Å². The predicted octanol–water partition coefficient (Wildman–Crippen LogP) is 7.26. The molecule has 1 atom stereocenters. The Bertz CT molecular complexity index is 1390. The van der Waals surface area contributed by atoms with Crippen LogP contribution in [0.3, 0.4) is 0 Å². The second-order valence-corrected chi connectivity index (χ2v) is 9.76. The number of carbonyl (C=O) groups excluding carboxylic acids is 1. The molecule has 0 bridgehead atoms. The minimum absolute atomic E-state index is 0.0703. The van der Waals surface area contributed by atoms with Gasteiger partial charge in [0.15, 0.2) is 5.75 Å². The van der Waals surface area contributed by atoms with Gasteiger partial charge in [-0.25, -0.2) is 4.98 Å². The van der Waals surface area contributed by atoms with E-state index in [2.05, 4.69) is 50.8 Å². The van der Waals surface area contributed by atoms with Gasteiger partial charge >= 0.3 is 0 Å². The number of amides is 1. The van der Waals surface area contributed by atoms with Crippen molar-refractivity contribution in [2.75, 3.05) is 19.1 Å². The van der Waals surface area contributed by atoms with E-state index in [0.717, 1.165) is 35.5 Å². The largest absolute Gasteiger partial charge is 0.491 e. The highest BCUT2D eigenvalue weighted by Gasteiger charge is 2.31. The van der Waals surface area contributed by atoms with Crippen LogP contribution < -0.4 is 14.4 Å². The fraction of sp³-hybridized carbons (Fsp3) is 0.438. The zero-order valence-electron chi connectivity index (χ0n) is 25.4. The Morgan fingerprint density at radius 1 is 1.12 bits per heavy atom. The molecule has 0 fully saturated rings. The molecule has 4 rings (SSSR count). The maximum absolute atomic E-state index is 13.3. The van der Waals surface area contributed by atoms with Crippen LogP contribution in [0.1, 0.15) is 77.4 Å². The number of fused-ring (bicyclic) bond motifs is 1. The number of nitrogens with zero attached hydrogens (tertiary/aromatic N) is 5. The maximum atomic E-state index is 13.3. The minimum atomic E-state index is -0.0703. The molecule has 4 heterocycles. The van der Waals surface area contributed by atoms with Gasteiger partial charge in [0.25, 0.3) is 11.8 Å². The van der Waals surface area contributed by atoms with Crippen LogP contribution in [0.4, 0.5) is 5.69 Å². The van der Waals surface area contributed by atoms with Gasteiger partial charge in [-0.05, 0) is 56.4 Å². The summed E-state index contributed by atoms with van der Waals surface area (Å²) >= 11 is 0. The van der Waals surface area contributed by atoms with Gasteiger partial charge < -0.3 is 9.47 Å². The number of hydrogen-bond donors (Lipinski definition) is 0. The zero-order valence-corrected chi connectivity index (χ0v) is 25.4. The molecule has 0 aromatic carbocycles. The van der Waals surface area contributed by atoms with Gasteiger partial charge in [-0.1, -0.05) is 51.8 Å². The van der Waals surface area contributed by atoms with Gasteiger partial charge in [0.05, 0.1) is 56.1 Å². The Morgan fingerprint density at radius 2 is 1.88 bits per heavy atom. The molecule has 0 saturated carbocycles. The monoisotopic (exact) mass is 545 g/mol. The maximum Gasteiger partial charge on any atom is 0.260 e. The van der Waals surface area contributed by atoms with Crippen LogP contribution in [0.5, 0.6) is 11.6 Å².